The quantitative estimate of drug-likeness (QED) is 0.524. The zero-order valence-electron chi connectivity index (χ0n) is 13.8. The van der Waals surface area contributed by atoms with Gasteiger partial charge in [-0.15, -0.1) is 0 Å². The molecule has 0 bridgehead atoms. The first-order chi connectivity index (χ1) is 11.2. The van der Waals surface area contributed by atoms with Gasteiger partial charge in [0.2, 0.25) is 5.91 Å². The normalized spacial score (nSPS) is 45.4. The fraction of sp³-hybridized carbons (Fsp3) is 0.882. The minimum Gasteiger partial charge on any atom is -0.341 e. The number of carbonyl (C=O) groups is 1. The lowest BCUT2D eigenvalue weighted by molar-refractivity contribution is -0.132. The van der Waals surface area contributed by atoms with Gasteiger partial charge in [-0.05, 0) is 31.1 Å². The van der Waals surface area contributed by atoms with Crippen LogP contribution in [0.1, 0.15) is 39.0 Å². The number of hydrazine groups is 1. The molecule has 2 saturated carbocycles. The Hall–Kier alpha value is -1.32. The third-order valence-corrected chi connectivity index (χ3v) is 6.60. The van der Waals surface area contributed by atoms with Gasteiger partial charge in [0.1, 0.15) is 6.04 Å². The van der Waals surface area contributed by atoms with E-state index in [1.165, 1.54) is 25.7 Å². The fourth-order valence-electron chi connectivity index (χ4n) is 4.96. The van der Waals surface area contributed by atoms with E-state index in [4.69, 9.17) is 5.26 Å². The molecule has 6 heteroatoms. The van der Waals surface area contributed by atoms with Gasteiger partial charge in [0.05, 0.1) is 0 Å². The maximum atomic E-state index is 12.7. The molecule has 3 unspecified atom stereocenters. The molecule has 0 radical (unpaired) electrons. The van der Waals surface area contributed by atoms with Crippen LogP contribution in [0.3, 0.4) is 0 Å². The number of rotatable bonds is 3. The molecule has 1 amide bonds. The van der Waals surface area contributed by atoms with E-state index in [9.17, 15) is 4.79 Å². The topological polar surface area (TPSA) is 80.2 Å². The van der Waals surface area contributed by atoms with Crippen molar-refractivity contribution in [3.63, 3.8) is 0 Å². The van der Waals surface area contributed by atoms with Crippen molar-refractivity contribution in [2.24, 2.45) is 23.7 Å². The van der Waals surface area contributed by atoms with E-state index < -0.39 is 0 Å². The van der Waals surface area contributed by atoms with Crippen LogP contribution < -0.4 is 16.2 Å². The molecule has 23 heavy (non-hydrogen) atoms. The van der Waals surface area contributed by atoms with Gasteiger partial charge in [0, 0.05) is 37.0 Å². The van der Waals surface area contributed by atoms with Crippen LogP contribution in [0.25, 0.3) is 0 Å². The summed E-state index contributed by atoms with van der Waals surface area (Å²) in [5.74, 6) is 2.80. The maximum absolute atomic E-state index is 12.7. The van der Waals surface area contributed by atoms with E-state index in [1.807, 2.05) is 11.1 Å². The first-order valence-corrected chi connectivity index (χ1v) is 9.12. The molecular weight excluding hydrogens is 290 g/mol. The standard InChI is InChI=1S/C17H27N5O/c1-10-2-4-11(5-3-10)14-6-15(21-20-14)17(23)22-7-12-13(8-22)16(12)19-9-18/h10-16,19-21H,2-8H2,1H3/t10?,11?,12-,13+,14?,15?,16?. The second-order valence-electron chi connectivity index (χ2n) is 8.06. The summed E-state index contributed by atoms with van der Waals surface area (Å²) in [4.78, 5) is 14.7. The van der Waals surface area contributed by atoms with Gasteiger partial charge in [0.25, 0.3) is 0 Å². The molecule has 0 spiro atoms. The predicted molar refractivity (Wildman–Crippen MR) is 85.7 cm³/mol. The Kier molecular flexibility index (Phi) is 3.94. The first-order valence-electron chi connectivity index (χ1n) is 9.12. The van der Waals surface area contributed by atoms with Crippen molar-refractivity contribution in [3.8, 4) is 6.19 Å². The Bertz CT molecular complexity index is 498. The number of hydrogen-bond acceptors (Lipinski definition) is 5. The summed E-state index contributed by atoms with van der Waals surface area (Å²) in [6, 6.07) is 0.691. The van der Waals surface area contributed by atoms with Gasteiger partial charge in [-0.25, -0.2) is 5.43 Å². The number of fused-ring (bicyclic) bond motifs is 1. The number of nitrogens with one attached hydrogen (secondary N) is 3. The van der Waals surface area contributed by atoms with Crippen molar-refractivity contribution in [2.45, 2.75) is 57.2 Å². The maximum Gasteiger partial charge on any atom is 0.241 e. The number of piperidine rings is 1. The van der Waals surface area contributed by atoms with Gasteiger partial charge >= 0.3 is 0 Å². The average molecular weight is 317 g/mol. The summed E-state index contributed by atoms with van der Waals surface area (Å²) in [6.07, 6.45) is 8.17. The summed E-state index contributed by atoms with van der Waals surface area (Å²) in [6.45, 7) is 3.97. The van der Waals surface area contributed by atoms with Crippen LogP contribution in [-0.4, -0.2) is 42.0 Å². The second-order valence-corrected chi connectivity index (χ2v) is 8.06. The van der Waals surface area contributed by atoms with Gasteiger partial charge < -0.3 is 10.2 Å². The van der Waals surface area contributed by atoms with Crippen LogP contribution >= 0.6 is 0 Å². The molecule has 126 valence electrons. The van der Waals surface area contributed by atoms with E-state index in [-0.39, 0.29) is 11.9 Å². The molecule has 2 saturated heterocycles. The lowest BCUT2D eigenvalue weighted by atomic mass is 9.78. The molecule has 4 fully saturated rings. The monoisotopic (exact) mass is 317 g/mol. The minimum atomic E-state index is -0.0702. The van der Waals surface area contributed by atoms with Crippen LogP contribution in [0.5, 0.6) is 0 Å². The third kappa shape index (κ3) is 2.81. The summed E-state index contributed by atoms with van der Waals surface area (Å²) in [7, 11) is 0. The zero-order chi connectivity index (χ0) is 16.0. The van der Waals surface area contributed by atoms with Crippen LogP contribution in [0, 0.1) is 35.1 Å². The smallest absolute Gasteiger partial charge is 0.241 e. The third-order valence-electron chi connectivity index (χ3n) is 6.60. The Labute approximate surface area is 137 Å². The molecule has 4 aliphatic rings. The van der Waals surface area contributed by atoms with Gasteiger partial charge in [-0.2, -0.15) is 5.26 Å². The molecular formula is C17H27N5O. The Morgan fingerprint density at radius 1 is 1.17 bits per heavy atom. The summed E-state index contributed by atoms with van der Waals surface area (Å²) < 4.78 is 0. The highest BCUT2D eigenvalue weighted by Gasteiger charge is 2.57. The van der Waals surface area contributed by atoms with E-state index >= 15 is 0 Å². The van der Waals surface area contributed by atoms with Gasteiger partial charge in [-0.3, -0.25) is 10.2 Å². The lowest BCUT2D eigenvalue weighted by Crippen LogP contribution is -2.46. The highest BCUT2D eigenvalue weighted by atomic mass is 16.2. The number of nitriles is 1. The summed E-state index contributed by atoms with van der Waals surface area (Å²) in [5, 5.41) is 11.5. The molecule has 5 atom stereocenters. The Morgan fingerprint density at radius 3 is 2.52 bits per heavy atom. The molecule has 2 aliphatic heterocycles. The first kappa shape index (κ1) is 15.2. The number of amides is 1. The number of nitrogens with zero attached hydrogens (tertiary/aromatic N) is 2. The fourth-order valence-corrected chi connectivity index (χ4v) is 4.96. The Balaban J connectivity index is 1.26. The summed E-state index contributed by atoms with van der Waals surface area (Å²) in [5.41, 5.74) is 6.64. The predicted octanol–water partition coefficient (Wildman–Crippen LogP) is 0.575. The number of hydrogen-bond donors (Lipinski definition) is 3. The van der Waals surface area contributed by atoms with Crippen molar-refractivity contribution in [2.75, 3.05) is 13.1 Å². The molecule has 2 heterocycles. The molecule has 3 N–H and O–H groups in total. The van der Waals surface area contributed by atoms with Crippen LogP contribution in [0.2, 0.25) is 0 Å². The van der Waals surface area contributed by atoms with Crippen molar-refractivity contribution >= 4 is 5.91 Å². The van der Waals surface area contributed by atoms with Crippen molar-refractivity contribution in [1.82, 2.24) is 21.1 Å². The molecule has 0 aromatic carbocycles. The molecule has 0 aromatic heterocycles. The molecule has 6 nitrogen and oxygen atoms in total. The van der Waals surface area contributed by atoms with E-state index in [0.29, 0.717) is 29.8 Å². The lowest BCUT2D eigenvalue weighted by Gasteiger charge is -2.30. The molecule has 0 aromatic rings. The van der Waals surface area contributed by atoms with E-state index in [2.05, 4.69) is 23.1 Å². The number of likely N-dealkylation sites (tertiary alicyclic amines) is 1. The zero-order valence-corrected chi connectivity index (χ0v) is 13.8. The van der Waals surface area contributed by atoms with Crippen molar-refractivity contribution in [3.05, 3.63) is 0 Å². The van der Waals surface area contributed by atoms with Gasteiger partial charge in [0.15, 0.2) is 6.19 Å². The highest BCUT2D eigenvalue weighted by molar-refractivity contribution is 5.82. The SMILES string of the molecule is CC1CCC(C2CC(C(=O)N3C[C@@H]4C(NC#N)[C@@H]4C3)NN2)CC1. The Morgan fingerprint density at radius 2 is 1.87 bits per heavy atom. The van der Waals surface area contributed by atoms with Crippen LogP contribution in [-0.2, 0) is 4.79 Å². The molecule has 4 rings (SSSR count). The summed E-state index contributed by atoms with van der Waals surface area (Å²) >= 11 is 0. The molecule has 2 aliphatic carbocycles. The van der Waals surface area contributed by atoms with Gasteiger partial charge in [-0.1, -0.05) is 19.8 Å². The van der Waals surface area contributed by atoms with Crippen LogP contribution in [0.15, 0.2) is 0 Å². The van der Waals surface area contributed by atoms with E-state index in [1.54, 1.807) is 0 Å². The van der Waals surface area contributed by atoms with Crippen molar-refractivity contribution < 1.29 is 4.79 Å². The second kappa shape index (κ2) is 5.95. The largest absolute Gasteiger partial charge is 0.341 e. The average Bonchev–Trinajstić information content (AvgIpc) is 2.99. The van der Waals surface area contributed by atoms with Crippen molar-refractivity contribution in [1.29, 1.82) is 5.26 Å². The number of carbonyl (C=O) groups excluding carboxylic acids is 1. The minimum absolute atomic E-state index is 0.0702. The van der Waals surface area contributed by atoms with E-state index in [0.717, 1.165) is 25.4 Å². The van der Waals surface area contributed by atoms with Crippen LogP contribution in [0.4, 0.5) is 0 Å². The highest BCUT2D eigenvalue weighted by Crippen LogP contribution is 2.45.